The van der Waals surface area contributed by atoms with Crippen molar-refractivity contribution in [3.8, 4) is 5.75 Å². The number of anilines is 1. The Labute approximate surface area is 256 Å². The molecule has 1 saturated carbocycles. The van der Waals surface area contributed by atoms with Crippen molar-refractivity contribution in [2.75, 3.05) is 39.3 Å². The van der Waals surface area contributed by atoms with Gasteiger partial charge in [-0.3, -0.25) is 9.69 Å². The van der Waals surface area contributed by atoms with Crippen LogP contribution in [0.1, 0.15) is 30.9 Å². The van der Waals surface area contributed by atoms with Gasteiger partial charge in [0, 0.05) is 65.7 Å². The maximum atomic E-state index is 14.7. The van der Waals surface area contributed by atoms with Gasteiger partial charge in [0.25, 0.3) is 5.91 Å². The molecule has 4 aliphatic rings. The lowest BCUT2D eigenvalue weighted by Gasteiger charge is -2.63. The minimum atomic E-state index is -2.28. The van der Waals surface area contributed by atoms with E-state index < -0.39 is 46.5 Å². The molecule has 10 nitrogen and oxygen atoms in total. The molecule has 7 atom stereocenters. The van der Waals surface area contributed by atoms with Crippen molar-refractivity contribution < 1.29 is 29.3 Å². The number of hydrogen-bond acceptors (Lipinski definition) is 8. The van der Waals surface area contributed by atoms with E-state index in [0.717, 1.165) is 40.8 Å². The van der Waals surface area contributed by atoms with Crippen molar-refractivity contribution in [3.63, 3.8) is 0 Å². The number of para-hydroxylation sites is 1. The lowest BCUT2D eigenvalue weighted by Crippen LogP contribution is -2.82. The highest BCUT2D eigenvalue weighted by Gasteiger charge is 2.78. The first-order chi connectivity index (χ1) is 21.2. The molecule has 2 aromatic carbocycles. The van der Waals surface area contributed by atoms with Gasteiger partial charge in [-0.15, -0.1) is 0 Å². The van der Waals surface area contributed by atoms with Gasteiger partial charge in [0.15, 0.2) is 5.60 Å². The maximum Gasteiger partial charge on any atom is 0.328 e. The van der Waals surface area contributed by atoms with Crippen molar-refractivity contribution in [3.05, 3.63) is 71.9 Å². The fourth-order valence-corrected chi connectivity index (χ4v) is 9.33. The van der Waals surface area contributed by atoms with Gasteiger partial charge in [0.1, 0.15) is 17.9 Å². The predicted octanol–water partition coefficient (Wildman–Crippen LogP) is 2.28. The number of carbonyl (C=O) groups is 2. The van der Waals surface area contributed by atoms with E-state index in [1.807, 2.05) is 73.6 Å². The summed E-state index contributed by atoms with van der Waals surface area (Å²) < 4.78 is 10.7. The SMILES string of the molecule is CC[C@@]12C=CCN3CC[C@]4(c5ccc(OC)cc5N(C)[C@@H]4[C@@](O)(C(=O)N[C@H](Cc4c[nH]c5ccccc45)C(=O)OC)[C@@H]1O)[C@H]32. The third kappa shape index (κ3) is 3.59. The zero-order chi connectivity index (χ0) is 31.0. The summed E-state index contributed by atoms with van der Waals surface area (Å²) in [6.45, 7) is 3.51. The van der Waals surface area contributed by atoms with E-state index in [-0.39, 0.29) is 12.5 Å². The van der Waals surface area contributed by atoms with E-state index in [0.29, 0.717) is 18.6 Å². The minimum absolute atomic E-state index is 0.141. The van der Waals surface area contributed by atoms with E-state index in [1.54, 1.807) is 7.11 Å². The average molecular weight is 601 g/mol. The molecule has 3 aromatic rings. The van der Waals surface area contributed by atoms with Crippen LogP contribution in [0.25, 0.3) is 10.9 Å². The summed E-state index contributed by atoms with van der Waals surface area (Å²) >= 11 is 0. The van der Waals surface area contributed by atoms with Gasteiger partial charge in [-0.05, 0) is 42.6 Å². The predicted molar refractivity (Wildman–Crippen MR) is 166 cm³/mol. The van der Waals surface area contributed by atoms with Gasteiger partial charge in [0.05, 0.1) is 20.3 Å². The number of aliphatic hydroxyl groups excluding tert-OH is 1. The molecule has 1 spiro atoms. The number of aromatic amines is 1. The smallest absolute Gasteiger partial charge is 0.328 e. The quantitative estimate of drug-likeness (QED) is 0.240. The molecule has 0 radical (unpaired) electrons. The van der Waals surface area contributed by atoms with Crippen LogP contribution < -0.4 is 15.0 Å². The second-order valence-electron chi connectivity index (χ2n) is 12.8. The molecule has 232 valence electrons. The number of nitrogens with zero attached hydrogens (tertiary/aromatic N) is 2. The standard InChI is InChI=1S/C34H40N4O6/c1-5-32-13-8-15-38-16-14-33(28(32)38)23-12-11-21(43-3)18-26(23)37(2)29(33)34(42,30(32)40)31(41)36-25(27(39)44-4)17-20-19-35-24-10-7-6-9-22(20)24/h6-13,18-19,25,28-30,35,40,42H,5,14-17H2,1-4H3,(H,36,41)/t25-,28-,29+,30-,32+,33+,34+/m1/s1. The Morgan fingerprint density at radius 2 is 1.98 bits per heavy atom. The number of H-pyrrole nitrogens is 1. The van der Waals surface area contributed by atoms with Gasteiger partial charge in [-0.2, -0.15) is 0 Å². The van der Waals surface area contributed by atoms with E-state index in [4.69, 9.17) is 9.47 Å². The monoisotopic (exact) mass is 600 g/mol. The Morgan fingerprint density at radius 3 is 2.73 bits per heavy atom. The number of methoxy groups -OCH3 is 2. The van der Waals surface area contributed by atoms with Crippen LogP contribution in [0.15, 0.2) is 60.8 Å². The number of amides is 1. The summed E-state index contributed by atoms with van der Waals surface area (Å²) in [5.74, 6) is -0.753. The molecule has 1 aliphatic carbocycles. The molecule has 2 fully saturated rings. The van der Waals surface area contributed by atoms with Gasteiger partial charge in [-0.25, -0.2) is 4.79 Å². The summed E-state index contributed by atoms with van der Waals surface area (Å²) in [5, 5.41) is 29.1. The molecule has 1 amide bonds. The Kier molecular flexibility index (Phi) is 6.62. The van der Waals surface area contributed by atoms with Crippen molar-refractivity contribution in [2.24, 2.45) is 5.41 Å². The highest BCUT2D eigenvalue weighted by molar-refractivity contribution is 5.94. The third-order valence-corrected chi connectivity index (χ3v) is 11.1. The highest BCUT2D eigenvalue weighted by Crippen LogP contribution is 2.66. The molecular formula is C34H40N4O6. The Morgan fingerprint density at radius 1 is 1.18 bits per heavy atom. The molecular weight excluding hydrogens is 560 g/mol. The fourth-order valence-electron chi connectivity index (χ4n) is 9.33. The first kappa shape index (κ1) is 28.9. The number of ether oxygens (including phenoxy) is 2. The fraction of sp³-hybridized carbons (Fsp3) is 0.471. The van der Waals surface area contributed by atoms with Gasteiger partial charge in [0.2, 0.25) is 0 Å². The second kappa shape index (κ2) is 10.1. The minimum Gasteiger partial charge on any atom is -0.497 e. The molecule has 4 heterocycles. The summed E-state index contributed by atoms with van der Waals surface area (Å²) in [5.41, 5.74) is -0.220. The molecule has 3 aliphatic heterocycles. The number of aliphatic hydroxyl groups is 2. The summed E-state index contributed by atoms with van der Waals surface area (Å²) in [7, 11) is 4.76. The molecule has 7 rings (SSSR count). The second-order valence-corrected chi connectivity index (χ2v) is 12.8. The number of rotatable bonds is 7. The Hall–Kier alpha value is -3.86. The molecule has 0 unspecified atom stereocenters. The molecule has 1 aromatic heterocycles. The van der Waals surface area contributed by atoms with Crippen LogP contribution in [0.2, 0.25) is 0 Å². The van der Waals surface area contributed by atoms with Gasteiger partial charge < -0.3 is 34.9 Å². The Bertz CT molecular complexity index is 1670. The Balaban J connectivity index is 1.35. The normalized spacial score (nSPS) is 32.6. The highest BCUT2D eigenvalue weighted by atomic mass is 16.5. The van der Waals surface area contributed by atoms with E-state index in [2.05, 4.69) is 21.3 Å². The maximum absolute atomic E-state index is 14.7. The molecule has 1 saturated heterocycles. The number of benzene rings is 2. The average Bonchev–Trinajstić information content (AvgIpc) is 3.72. The first-order valence-electron chi connectivity index (χ1n) is 15.3. The topological polar surface area (TPSA) is 127 Å². The van der Waals surface area contributed by atoms with Crippen LogP contribution in [-0.4, -0.2) is 96.2 Å². The number of esters is 1. The third-order valence-electron chi connectivity index (χ3n) is 11.1. The van der Waals surface area contributed by atoms with Crippen molar-refractivity contribution >= 4 is 28.5 Å². The number of carbonyl (C=O) groups excluding carboxylic acids is 2. The van der Waals surface area contributed by atoms with Crippen LogP contribution in [0.5, 0.6) is 5.75 Å². The van der Waals surface area contributed by atoms with Gasteiger partial charge in [-0.1, -0.05) is 43.3 Å². The number of likely N-dealkylation sites (N-methyl/N-ethyl adjacent to an activating group) is 1. The van der Waals surface area contributed by atoms with E-state index in [1.165, 1.54) is 7.11 Å². The molecule has 0 bridgehead atoms. The zero-order valence-corrected chi connectivity index (χ0v) is 25.5. The van der Waals surface area contributed by atoms with Crippen molar-refractivity contribution in [2.45, 2.75) is 61.4 Å². The van der Waals surface area contributed by atoms with Crippen LogP contribution in [-0.2, 0) is 26.2 Å². The summed E-state index contributed by atoms with van der Waals surface area (Å²) in [4.78, 5) is 35.4. The summed E-state index contributed by atoms with van der Waals surface area (Å²) in [6, 6.07) is 11.6. The molecule has 10 heteroatoms. The lowest BCUT2D eigenvalue weighted by molar-refractivity contribution is -0.204. The van der Waals surface area contributed by atoms with Crippen LogP contribution in [0.4, 0.5) is 5.69 Å². The number of nitrogens with one attached hydrogen (secondary N) is 2. The van der Waals surface area contributed by atoms with Crippen LogP contribution in [0.3, 0.4) is 0 Å². The van der Waals surface area contributed by atoms with E-state index >= 15 is 0 Å². The molecule has 4 N–H and O–H groups in total. The van der Waals surface area contributed by atoms with Crippen molar-refractivity contribution in [1.82, 2.24) is 15.2 Å². The van der Waals surface area contributed by atoms with Crippen LogP contribution in [0, 0.1) is 5.41 Å². The lowest BCUT2D eigenvalue weighted by atomic mass is 9.47. The van der Waals surface area contributed by atoms with Crippen molar-refractivity contribution in [1.29, 1.82) is 0 Å². The largest absolute Gasteiger partial charge is 0.497 e. The first-order valence-corrected chi connectivity index (χ1v) is 15.3. The number of fused-ring (bicyclic) bond motifs is 2. The summed E-state index contributed by atoms with van der Waals surface area (Å²) in [6.07, 6.45) is 5.79. The molecule has 44 heavy (non-hydrogen) atoms. The zero-order valence-electron chi connectivity index (χ0n) is 25.5. The van der Waals surface area contributed by atoms with Gasteiger partial charge >= 0.3 is 5.97 Å². The number of aromatic nitrogens is 1. The number of hydrogen-bond donors (Lipinski definition) is 4. The van der Waals surface area contributed by atoms with E-state index in [9.17, 15) is 19.8 Å². The van der Waals surface area contributed by atoms with Crippen LogP contribution >= 0.6 is 0 Å².